The van der Waals surface area contributed by atoms with Gasteiger partial charge in [0.25, 0.3) is 5.91 Å². The van der Waals surface area contributed by atoms with E-state index in [4.69, 9.17) is 9.84 Å². The molecule has 8 nitrogen and oxygen atoms in total. The van der Waals surface area contributed by atoms with Crippen molar-refractivity contribution >= 4 is 21.9 Å². The fourth-order valence-corrected chi connectivity index (χ4v) is 3.45. The number of methoxy groups -OCH3 is 1. The second-order valence-corrected chi connectivity index (χ2v) is 7.39. The number of carbonyl (C=O) groups is 2. The second-order valence-electron chi connectivity index (χ2n) is 5.71. The van der Waals surface area contributed by atoms with Crippen LogP contribution in [0.1, 0.15) is 30.1 Å². The van der Waals surface area contributed by atoms with Crippen molar-refractivity contribution < 1.29 is 27.9 Å². The fourth-order valence-electron chi connectivity index (χ4n) is 1.95. The zero-order chi connectivity index (χ0) is 17.9. The lowest BCUT2D eigenvalue weighted by Crippen LogP contribution is -2.32. The van der Waals surface area contributed by atoms with E-state index in [0.717, 1.165) is 12.8 Å². The molecule has 1 atom stereocenters. The van der Waals surface area contributed by atoms with E-state index in [-0.39, 0.29) is 28.8 Å². The molecule has 9 heteroatoms. The number of carbonyl (C=O) groups excluding carboxylic acids is 1. The van der Waals surface area contributed by atoms with Gasteiger partial charge in [0.2, 0.25) is 10.0 Å². The Bertz CT molecular complexity index is 742. The predicted molar refractivity (Wildman–Crippen MR) is 85.5 cm³/mol. The van der Waals surface area contributed by atoms with Crippen LogP contribution in [0.4, 0.5) is 0 Å². The molecule has 1 saturated carbocycles. The SMILES string of the molecule is COc1ccc(C(=O)NCC(C)C(=O)O)cc1S(=O)(=O)NC1CC1. The largest absolute Gasteiger partial charge is 0.495 e. The molecular weight excluding hydrogens is 336 g/mol. The van der Waals surface area contributed by atoms with Crippen LogP contribution in [-0.2, 0) is 14.8 Å². The van der Waals surface area contributed by atoms with Crippen LogP contribution in [0.3, 0.4) is 0 Å². The number of benzene rings is 1. The van der Waals surface area contributed by atoms with Gasteiger partial charge >= 0.3 is 5.97 Å². The predicted octanol–water partition coefficient (Wildman–Crippen LogP) is 0.586. The van der Waals surface area contributed by atoms with E-state index in [0.29, 0.717) is 0 Å². The maximum absolute atomic E-state index is 12.4. The Morgan fingerprint density at radius 1 is 1.38 bits per heavy atom. The summed E-state index contributed by atoms with van der Waals surface area (Å²) >= 11 is 0. The minimum Gasteiger partial charge on any atom is -0.495 e. The molecule has 0 aliphatic heterocycles. The van der Waals surface area contributed by atoms with Crippen molar-refractivity contribution in [2.75, 3.05) is 13.7 Å². The van der Waals surface area contributed by atoms with E-state index in [1.54, 1.807) is 0 Å². The third kappa shape index (κ3) is 4.45. The first-order valence-electron chi connectivity index (χ1n) is 7.46. The van der Waals surface area contributed by atoms with E-state index in [1.165, 1.54) is 32.2 Å². The Labute approximate surface area is 140 Å². The monoisotopic (exact) mass is 356 g/mol. The van der Waals surface area contributed by atoms with Crippen LogP contribution in [0.15, 0.2) is 23.1 Å². The van der Waals surface area contributed by atoms with Gasteiger partial charge < -0.3 is 15.2 Å². The maximum atomic E-state index is 12.4. The molecular formula is C15H20N2O6S. The number of hydrogen-bond acceptors (Lipinski definition) is 5. The van der Waals surface area contributed by atoms with Crippen LogP contribution in [0.2, 0.25) is 0 Å². The van der Waals surface area contributed by atoms with Crippen molar-refractivity contribution in [1.29, 1.82) is 0 Å². The van der Waals surface area contributed by atoms with Gasteiger partial charge in [0.15, 0.2) is 0 Å². The Balaban J connectivity index is 2.21. The number of amides is 1. The Kier molecular flexibility index (Phi) is 5.45. The molecule has 1 aliphatic carbocycles. The highest BCUT2D eigenvalue weighted by atomic mass is 32.2. The van der Waals surface area contributed by atoms with Crippen LogP contribution in [0.5, 0.6) is 5.75 Å². The Morgan fingerprint density at radius 2 is 2.04 bits per heavy atom. The van der Waals surface area contributed by atoms with Gasteiger partial charge in [-0.1, -0.05) is 6.92 Å². The number of hydrogen-bond donors (Lipinski definition) is 3. The molecule has 2 rings (SSSR count). The Hall–Kier alpha value is -2.13. The highest BCUT2D eigenvalue weighted by Gasteiger charge is 2.30. The topological polar surface area (TPSA) is 122 Å². The molecule has 1 aliphatic rings. The second kappa shape index (κ2) is 7.18. The molecule has 1 amide bonds. The minimum absolute atomic E-state index is 0.0530. The molecule has 3 N–H and O–H groups in total. The molecule has 1 unspecified atom stereocenters. The lowest BCUT2D eigenvalue weighted by molar-refractivity contribution is -0.140. The van der Waals surface area contributed by atoms with Crippen molar-refractivity contribution in [1.82, 2.24) is 10.0 Å². The van der Waals surface area contributed by atoms with Crippen LogP contribution < -0.4 is 14.8 Å². The number of ether oxygens (including phenoxy) is 1. The van der Waals surface area contributed by atoms with Crippen molar-refractivity contribution in [3.63, 3.8) is 0 Å². The lowest BCUT2D eigenvalue weighted by atomic mass is 10.1. The van der Waals surface area contributed by atoms with Gasteiger partial charge in [-0.3, -0.25) is 9.59 Å². The van der Waals surface area contributed by atoms with E-state index in [9.17, 15) is 18.0 Å². The average molecular weight is 356 g/mol. The summed E-state index contributed by atoms with van der Waals surface area (Å²) in [5.74, 6) is -2.18. The molecule has 0 aromatic heterocycles. The van der Waals surface area contributed by atoms with E-state index in [2.05, 4.69) is 10.0 Å². The number of nitrogens with one attached hydrogen (secondary N) is 2. The van der Waals surface area contributed by atoms with Gasteiger partial charge in [0.05, 0.1) is 13.0 Å². The van der Waals surface area contributed by atoms with Gasteiger partial charge in [0, 0.05) is 18.2 Å². The highest BCUT2D eigenvalue weighted by Crippen LogP contribution is 2.28. The summed E-state index contributed by atoms with van der Waals surface area (Å²) < 4.78 is 32.4. The molecule has 132 valence electrons. The molecule has 24 heavy (non-hydrogen) atoms. The standard InChI is InChI=1S/C15H20N2O6S/c1-9(15(19)20)8-16-14(18)10-3-6-12(23-2)13(7-10)24(21,22)17-11-4-5-11/h3,6-7,9,11,17H,4-5,8H2,1-2H3,(H,16,18)(H,19,20). The van der Waals surface area contributed by atoms with Gasteiger partial charge in [0.1, 0.15) is 10.6 Å². The Morgan fingerprint density at radius 3 is 2.58 bits per heavy atom. The van der Waals surface area contributed by atoms with Gasteiger partial charge in [-0.05, 0) is 31.0 Å². The quantitative estimate of drug-likeness (QED) is 0.626. The van der Waals surface area contributed by atoms with Crippen LogP contribution in [-0.4, -0.2) is 45.1 Å². The smallest absolute Gasteiger partial charge is 0.308 e. The first kappa shape index (κ1) is 18.2. The van der Waals surface area contributed by atoms with Gasteiger partial charge in [-0.15, -0.1) is 0 Å². The summed E-state index contributed by atoms with van der Waals surface area (Å²) in [4.78, 5) is 22.8. The minimum atomic E-state index is -3.79. The summed E-state index contributed by atoms with van der Waals surface area (Å²) in [6.45, 7) is 1.41. The molecule has 0 heterocycles. The van der Waals surface area contributed by atoms with Crippen LogP contribution in [0, 0.1) is 5.92 Å². The number of carboxylic acid groups (broad SMARTS) is 1. The van der Waals surface area contributed by atoms with Gasteiger partial charge in [-0.25, -0.2) is 13.1 Å². The number of carboxylic acids is 1. The normalized spacial score (nSPS) is 15.6. The molecule has 1 aromatic carbocycles. The average Bonchev–Trinajstić information content (AvgIpc) is 3.34. The van der Waals surface area contributed by atoms with Crippen LogP contribution in [0.25, 0.3) is 0 Å². The van der Waals surface area contributed by atoms with E-state index in [1.807, 2.05) is 0 Å². The summed E-state index contributed by atoms with van der Waals surface area (Å²) in [6.07, 6.45) is 1.57. The molecule has 1 aromatic rings. The number of aliphatic carboxylic acids is 1. The van der Waals surface area contributed by atoms with E-state index >= 15 is 0 Å². The van der Waals surface area contributed by atoms with Crippen molar-refractivity contribution in [3.8, 4) is 5.75 Å². The maximum Gasteiger partial charge on any atom is 0.308 e. The third-order valence-electron chi connectivity index (χ3n) is 3.60. The zero-order valence-corrected chi connectivity index (χ0v) is 14.2. The van der Waals surface area contributed by atoms with Crippen molar-refractivity contribution in [2.45, 2.75) is 30.7 Å². The summed E-state index contributed by atoms with van der Waals surface area (Å²) in [5, 5.41) is 11.3. The van der Waals surface area contributed by atoms with E-state index < -0.39 is 27.8 Å². The molecule has 0 radical (unpaired) electrons. The molecule has 0 bridgehead atoms. The third-order valence-corrected chi connectivity index (χ3v) is 5.15. The fraction of sp³-hybridized carbons (Fsp3) is 0.467. The molecule has 0 saturated heterocycles. The summed E-state index contributed by atoms with van der Waals surface area (Å²) in [7, 11) is -2.44. The number of rotatable bonds is 8. The molecule has 0 spiro atoms. The summed E-state index contributed by atoms with van der Waals surface area (Å²) in [5.41, 5.74) is 0.115. The first-order valence-corrected chi connectivity index (χ1v) is 8.94. The number of sulfonamides is 1. The zero-order valence-electron chi connectivity index (χ0n) is 13.4. The van der Waals surface area contributed by atoms with Crippen molar-refractivity contribution in [3.05, 3.63) is 23.8 Å². The highest BCUT2D eigenvalue weighted by molar-refractivity contribution is 7.89. The van der Waals surface area contributed by atoms with Crippen molar-refractivity contribution in [2.24, 2.45) is 5.92 Å². The lowest BCUT2D eigenvalue weighted by Gasteiger charge is -2.13. The molecule has 1 fully saturated rings. The van der Waals surface area contributed by atoms with Gasteiger partial charge in [-0.2, -0.15) is 0 Å². The van der Waals surface area contributed by atoms with Crippen LogP contribution >= 0.6 is 0 Å². The first-order chi connectivity index (χ1) is 11.2. The summed E-state index contributed by atoms with van der Waals surface area (Å²) in [6, 6.07) is 3.98.